The SMILES string of the molecule is CO[C@H]1O[C@H](COC(=O)c2ccccc2)[C@@H](O)[C@H](O[C@@H]2O[C@H](COC(C)=O)[C@H](OC(C)=O)[C@H](OC(C)=O)[C@H]2OC(C)=O)[C@H]1N1C(=O)C(C)=C(C)C1=O. The Hall–Kier alpha value is -4.75. The first-order valence-corrected chi connectivity index (χ1v) is 16.1. The number of aliphatic hydroxyl groups is 1. The van der Waals surface area contributed by atoms with Crippen molar-refractivity contribution in [1.29, 1.82) is 0 Å². The molecule has 0 saturated carbocycles. The van der Waals surface area contributed by atoms with E-state index in [1.807, 2.05) is 0 Å². The molecule has 0 bridgehead atoms. The van der Waals surface area contributed by atoms with Crippen molar-refractivity contribution in [3.05, 3.63) is 47.0 Å². The van der Waals surface area contributed by atoms with E-state index in [2.05, 4.69) is 0 Å². The van der Waals surface area contributed by atoms with Gasteiger partial charge >= 0.3 is 29.8 Å². The number of ether oxygens (including phenoxy) is 9. The van der Waals surface area contributed by atoms with Gasteiger partial charge in [0.2, 0.25) is 0 Å². The summed E-state index contributed by atoms with van der Waals surface area (Å²) in [6.07, 6.45) is -14.6. The van der Waals surface area contributed by atoms with Crippen LogP contribution in [0.15, 0.2) is 41.5 Å². The Bertz CT molecular complexity index is 1550. The van der Waals surface area contributed by atoms with Crippen LogP contribution in [0.4, 0.5) is 0 Å². The van der Waals surface area contributed by atoms with E-state index >= 15 is 0 Å². The van der Waals surface area contributed by atoms with Crippen LogP contribution in [0.25, 0.3) is 0 Å². The number of hydrogen-bond donors (Lipinski definition) is 1. The number of rotatable bonds is 12. The van der Waals surface area contributed by atoms with Gasteiger partial charge in [-0.15, -0.1) is 0 Å². The number of carbonyl (C=O) groups excluding carboxylic acids is 7. The molecule has 0 unspecified atom stereocenters. The molecule has 0 aromatic heterocycles. The predicted molar refractivity (Wildman–Crippen MR) is 169 cm³/mol. The van der Waals surface area contributed by atoms with Gasteiger partial charge in [0.25, 0.3) is 11.8 Å². The molecule has 284 valence electrons. The number of benzene rings is 1. The molecule has 52 heavy (non-hydrogen) atoms. The lowest BCUT2D eigenvalue weighted by atomic mass is 9.94. The minimum absolute atomic E-state index is 0.0966. The summed E-state index contributed by atoms with van der Waals surface area (Å²) in [5.74, 6) is -5.72. The molecule has 1 N–H and O–H groups in total. The Kier molecular flexibility index (Phi) is 13.2. The average molecular weight is 736 g/mol. The van der Waals surface area contributed by atoms with Gasteiger partial charge in [0, 0.05) is 46.0 Å². The summed E-state index contributed by atoms with van der Waals surface area (Å²) in [5, 5.41) is 11.8. The molecule has 18 heteroatoms. The number of carbonyl (C=O) groups is 7. The summed E-state index contributed by atoms with van der Waals surface area (Å²) in [4.78, 5) is 89.3. The molecule has 18 nitrogen and oxygen atoms in total. The van der Waals surface area contributed by atoms with Crippen LogP contribution >= 0.6 is 0 Å². The average Bonchev–Trinajstić information content (AvgIpc) is 3.27. The number of methoxy groups -OCH3 is 1. The smallest absolute Gasteiger partial charge is 0.338 e. The van der Waals surface area contributed by atoms with Crippen LogP contribution in [0.5, 0.6) is 0 Å². The fraction of sp³-hybridized carbons (Fsp3) is 0.559. The van der Waals surface area contributed by atoms with E-state index in [-0.39, 0.29) is 16.7 Å². The second-order valence-corrected chi connectivity index (χ2v) is 12.1. The van der Waals surface area contributed by atoms with Crippen LogP contribution < -0.4 is 0 Å². The van der Waals surface area contributed by atoms with Gasteiger partial charge in [-0.2, -0.15) is 0 Å². The van der Waals surface area contributed by atoms with Crippen molar-refractivity contribution in [2.24, 2.45) is 0 Å². The van der Waals surface area contributed by atoms with Gasteiger partial charge in [-0.25, -0.2) is 4.79 Å². The van der Waals surface area contributed by atoms with Crippen LogP contribution in [0, 0.1) is 0 Å². The number of nitrogens with zero attached hydrogens (tertiary/aromatic N) is 1. The first-order chi connectivity index (χ1) is 24.5. The molecule has 2 saturated heterocycles. The van der Waals surface area contributed by atoms with Crippen LogP contribution in [0.3, 0.4) is 0 Å². The second-order valence-electron chi connectivity index (χ2n) is 12.1. The lowest BCUT2D eigenvalue weighted by molar-refractivity contribution is -0.349. The molecule has 0 aliphatic carbocycles. The third-order valence-corrected chi connectivity index (χ3v) is 8.44. The van der Waals surface area contributed by atoms with E-state index in [0.717, 1.165) is 32.6 Å². The highest BCUT2D eigenvalue weighted by molar-refractivity contribution is 6.19. The van der Waals surface area contributed by atoms with Crippen LogP contribution in [0.2, 0.25) is 0 Å². The molecule has 0 spiro atoms. The number of aliphatic hydroxyl groups excluding tert-OH is 1. The third kappa shape index (κ3) is 8.99. The second kappa shape index (κ2) is 17.2. The van der Waals surface area contributed by atoms with Crippen molar-refractivity contribution < 1.29 is 81.3 Å². The Morgan fingerprint density at radius 2 is 1.21 bits per heavy atom. The summed E-state index contributed by atoms with van der Waals surface area (Å²) in [5.41, 5.74) is 0.392. The molecule has 1 aromatic carbocycles. The van der Waals surface area contributed by atoms with Gasteiger partial charge in [-0.05, 0) is 26.0 Å². The van der Waals surface area contributed by atoms with Gasteiger partial charge in [-0.1, -0.05) is 18.2 Å². The van der Waals surface area contributed by atoms with E-state index in [1.54, 1.807) is 18.2 Å². The summed E-state index contributed by atoms with van der Waals surface area (Å²) in [6.45, 7) is 5.92. The molecular formula is C34H41NO17. The van der Waals surface area contributed by atoms with Crippen LogP contribution in [-0.2, 0) is 71.4 Å². The normalized spacial score (nSPS) is 30.4. The lowest BCUT2D eigenvalue weighted by Crippen LogP contribution is -2.69. The van der Waals surface area contributed by atoms with Crippen molar-refractivity contribution in [3.8, 4) is 0 Å². The maximum atomic E-state index is 13.5. The van der Waals surface area contributed by atoms with Gasteiger partial charge in [-0.3, -0.25) is 33.7 Å². The van der Waals surface area contributed by atoms with E-state index in [0.29, 0.717) is 0 Å². The molecule has 3 aliphatic heterocycles. The number of imide groups is 1. The fourth-order valence-corrected chi connectivity index (χ4v) is 5.98. The largest absolute Gasteiger partial charge is 0.463 e. The molecule has 0 radical (unpaired) electrons. The van der Waals surface area contributed by atoms with Gasteiger partial charge < -0.3 is 47.7 Å². The predicted octanol–water partition coefficient (Wildman–Crippen LogP) is 0.118. The van der Waals surface area contributed by atoms with Crippen molar-refractivity contribution in [1.82, 2.24) is 4.90 Å². The molecule has 1 aromatic rings. The summed E-state index contributed by atoms with van der Waals surface area (Å²) < 4.78 is 50.8. The van der Waals surface area contributed by atoms with Crippen LogP contribution in [0.1, 0.15) is 51.9 Å². The minimum atomic E-state index is -1.84. The Morgan fingerprint density at radius 3 is 1.75 bits per heavy atom. The number of esters is 5. The van der Waals surface area contributed by atoms with Crippen LogP contribution in [-0.4, -0.2) is 133 Å². The monoisotopic (exact) mass is 735 g/mol. The molecule has 2 fully saturated rings. The standard InChI is InChI=1S/C34H41NO17/c1-15-16(2)31(42)35(30(15)41)24-27(25(40)22(50-33(24)44-7)13-46-32(43)21-11-9-8-10-12-21)52-34-29(49-20(6)39)28(48-19(5)38)26(47-18(4)37)23(51-34)14-45-17(3)36/h8-12,22-29,33-34,40H,13-14H2,1-7H3/t22-,23-,24-,25-,26+,27-,28+,29-,33+,34+/m1/s1. The molecular weight excluding hydrogens is 694 g/mol. The summed E-state index contributed by atoms with van der Waals surface area (Å²) in [7, 11) is 1.20. The maximum absolute atomic E-state index is 13.5. The molecule has 3 heterocycles. The highest BCUT2D eigenvalue weighted by Gasteiger charge is 2.58. The maximum Gasteiger partial charge on any atom is 0.338 e. The third-order valence-electron chi connectivity index (χ3n) is 8.44. The van der Waals surface area contributed by atoms with Gasteiger partial charge in [0.05, 0.1) is 5.56 Å². The van der Waals surface area contributed by atoms with Crippen molar-refractivity contribution in [2.45, 2.75) is 103 Å². The minimum Gasteiger partial charge on any atom is -0.463 e. The van der Waals surface area contributed by atoms with Gasteiger partial charge in [0.1, 0.15) is 43.7 Å². The van der Waals surface area contributed by atoms with E-state index in [4.69, 9.17) is 42.6 Å². The Balaban J connectivity index is 1.78. The Labute approximate surface area is 298 Å². The molecule has 2 amide bonds. The molecule has 4 rings (SSSR count). The summed E-state index contributed by atoms with van der Waals surface area (Å²) >= 11 is 0. The first-order valence-electron chi connectivity index (χ1n) is 16.1. The molecule has 10 atom stereocenters. The first kappa shape index (κ1) is 40.0. The van der Waals surface area contributed by atoms with Crippen molar-refractivity contribution in [3.63, 3.8) is 0 Å². The molecule has 3 aliphatic rings. The Morgan fingerprint density at radius 1 is 0.692 bits per heavy atom. The fourth-order valence-electron chi connectivity index (χ4n) is 5.98. The zero-order chi connectivity index (χ0) is 38.4. The highest BCUT2D eigenvalue weighted by Crippen LogP contribution is 2.37. The van der Waals surface area contributed by atoms with Gasteiger partial charge in [0.15, 0.2) is 30.9 Å². The topological polar surface area (TPSA) is 226 Å². The van der Waals surface area contributed by atoms with Crippen molar-refractivity contribution >= 4 is 41.7 Å². The quantitative estimate of drug-likeness (QED) is 0.171. The lowest BCUT2D eigenvalue weighted by Gasteiger charge is -2.49. The van der Waals surface area contributed by atoms with E-state index in [1.165, 1.54) is 33.1 Å². The van der Waals surface area contributed by atoms with Crippen molar-refractivity contribution in [2.75, 3.05) is 20.3 Å². The number of amides is 2. The summed E-state index contributed by atoms with van der Waals surface area (Å²) in [6, 6.07) is 6.39. The highest BCUT2D eigenvalue weighted by atomic mass is 16.8. The van der Waals surface area contributed by atoms with E-state index < -0.39 is 116 Å². The number of hydrogen-bond acceptors (Lipinski definition) is 17. The van der Waals surface area contributed by atoms with E-state index in [9.17, 15) is 38.7 Å². The zero-order valence-electron chi connectivity index (χ0n) is 29.5. The zero-order valence-corrected chi connectivity index (χ0v) is 29.5.